The number of methoxy groups -OCH3 is 2. The Morgan fingerprint density at radius 3 is 2.66 bits per heavy atom. The van der Waals surface area contributed by atoms with Crippen LogP contribution in [0.3, 0.4) is 0 Å². The van der Waals surface area contributed by atoms with Gasteiger partial charge in [-0.3, -0.25) is 9.69 Å². The molecule has 1 fully saturated rings. The predicted octanol–water partition coefficient (Wildman–Crippen LogP) is 3.55. The van der Waals surface area contributed by atoms with E-state index in [4.69, 9.17) is 14.2 Å². The van der Waals surface area contributed by atoms with E-state index in [1.807, 2.05) is 19.9 Å². The number of benzene rings is 1. The van der Waals surface area contributed by atoms with E-state index < -0.39 is 12.0 Å². The van der Waals surface area contributed by atoms with Gasteiger partial charge in [-0.1, -0.05) is 31.7 Å². The summed E-state index contributed by atoms with van der Waals surface area (Å²) < 4.78 is 16.3. The molecule has 2 aliphatic heterocycles. The van der Waals surface area contributed by atoms with Crippen molar-refractivity contribution < 1.29 is 23.8 Å². The molecule has 0 radical (unpaired) electrons. The number of hydrogen-bond acceptors (Lipinski definition) is 7. The number of carbonyl (C=O) groups is 2. The van der Waals surface area contributed by atoms with Crippen LogP contribution in [0.2, 0.25) is 0 Å². The number of carbonyl (C=O) groups excluding carboxylic acids is 2. The van der Waals surface area contributed by atoms with Crippen molar-refractivity contribution in [1.29, 1.82) is 0 Å². The first-order valence-electron chi connectivity index (χ1n) is 9.50. The molecule has 8 heteroatoms. The largest absolute Gasteiger partial charge is 0.493 e. The molecule has 2 heterocycles. The Hall–Kier alpha value is -2.48. The van der Waals surface area contributed by atoms with Gasteiger partial charge >= 0.3 is 5.97 Å². The van der Waals surface area contributed by atoms with Crippen LogP contribution in [0.4, 0.5) is 0 Å². The van der Waals surface area contributed by atoms with Crippen molar-refractivity contribution in [3.05, 3.63) is 35.0 Å². The lowest BCUT2D eigenvalue weighted by Crippen LogP contribution is -2.45. The molecule has 0 aliphatic carbocycles. The minimum absolute atomic E-state index is 0.0658. The summed E-state index contributed by atoms with van der Waals surface area (Å²) in [5.74, 6) is 1.46. The summed E-state index contributed by atoms with van der Waals surface area (Å²) in [6.45, 7) is 6.03. The highest BCUT2D eigenvalue weighted by Gasteiger charge is 2.42. The monoisotopic (exact) mass is 418 g/mol. The van der Waals surface area contributed by atoms with Gasteiger partial charge in [0.15, 0.2) is 16.7 Å². The Bertz CT molecular complexity index is 878. The number of ether oxygens (including phenoxy) is 3. The summed E-state index contributed by atoms with van der Waals surface area (Å²) in [6.07, 6.45) is 0.390. The third-order valence-corrected chi connectivity index (χ3v) is 5.65. The fraction of sp³-hybridized carbons (Fsp3) is 0.476. The lowest BCUT2D eigenvalue weighted by molar-refractivity contribution is -0.141. The van der Waals surface area contributed by atoms with Gasteiger partial charge in [0.25, 0.3) is 0 Å². The van der Waals surface area contributed by atoms with Crippen molar-refractivity contribution in [3.8, 4) is 11.5 Å². The van der Waals surface area contributed by atoms with Gasteiger partial charge in [-0.05, 0) is 30.5 Å². The molecule has 1 aromatic rings. The molecule has 0 spiro atoms. The van der Waals surface area contributed by atoms with Crippen LogP contribution in [0.5, 0.6) is 11.5 Å². The van der Waals surface area contributed by atoms with E-state index in [1.54, 1.807) is 38.2 Å². The smallest absolute Gasteiger partial charge is 0.338 e. The Morgan fingerprint density at radius 2 is 2.00 bits per heavy atom. The number of amidine groups is 1. The van der Waals surface area contributed by atoms with Gasteiger partial charge in [0.05, 0.1) is 38.1 Å². The first-order chi connectivity index (χ1) is 13.9. The Balaban J connectivity index is 2.11. The molecule has 0 saturated carbocycles. The first-order valence-corrected chi connectivity index (χ1v) is 10.5. The molecule has 1 aromatic carbocycles. The van der Waals surface area contributed by atoms with Crippen molar-refractivity contribution >= 4 is 28.8 Å². The van der Waals surface area contributed by atoms with Gasteiger partial charge in [-0.15, -0.1) is 0 Å². The number of nitrogens with zero attached hydrogens (tertiary/aromatic N) is 2. The molecular weight excluding hydrogens is 392 g/mol. The second-order valence-corrected chi connectivity index (χ2v) is 8.33. The van der Waals surface area contributed by atoms with Crippen molar-refractivity contribution in [3.63, 3.8) is 0 Å². The maximum atomic E-state index is 13.0. The number of rotatable bonds is 6. The van der Waals surface area contributed by atoms with Gasteiger partial charge in [0, 0.05) is 12.2 Å². The minimum Gasteiger partial charge on any atom is -0.493 e. The molecule has 1 atom stereocenters. The van der Waals surface area contributed by atoms with E-state index in [0.717, 1.165) is 5.56 Å². The molecule has 0 aromatic heterocycles. The summed E-state index contributed by atoms with van der Waals surface area (Å²) in [5.41, 5.74) is 1.67. The van der Waals surface area contributed by atoms with Crippen LogP contribution in [-0.4, -0.2) is 48.5 Å². The molecule has 0 N–H and O–H groups in total. The van der Waals surface area contributed by atoms with Gasteiger partial charge < -0.3 is 14.2 Å². The van der Waals surface area contributed by atoms with E-state index in [-0.39, 0.29) is 11.8 Å². The number of fused-ring (bicyclic) bond motifs is 1. The lowest BCUT2D eigenvalue weighted by Gasteiger charge is -2.39. The molecule has 0 bridgehead atoms. The zero-order valence-corrected chi connectivity index (χ0v) is 18.2. The van der Waals surface area contributed by atoms with Gasteiger partial charge in [0.2, 0.25) is 5.91 Å². The third kappa shape index (κ3) is 4.27. The fourth-order valence-corrected chi connectivity index (χ4v) is 4.32. The molecule has 1 amide bonds. The molecule has 156 valence electrons. The van der Waals surface area contributed by atoms with E-state index in [9.17, 15) is 9.59 Å². The van der Waals surface area contributed by atoms with Crippen LogP contribution in [0.15, 0.2) is 34.5 Å². The standard InChI is InChI=1S/C21H26N2O5S/c1-12(2)11-28-20(25)18-13(3)22-21-23(17(24)8-9-29-21)19(18)14-6-7-15(26-4)16(10-14)27-5/h6-7,10,12,19H,8-9,11H2,1-5H3. The molecule has 2 aliphatic rings. The molecule has 29 heavy (non-hydrogen) atoms. The highest BCUT2D eigenvalue weighted by molar-refractivity contribution is 8.14. The van der Waals surface area contributed by atoms with Crippen LogP contribution < -0.4 is 9.47 Å². The second-order valence-electron chi connectivity index (χ2n) is 7.26. The Labute approximate surface area is 175 Å². The van der Waals surface area contributed by atoms with Crippen LogP contribution >= 0.6 is 11.8 Å². The summed E-state index contributed by atoms with van der Waals surface area (Å²) in [7, 11) is 3.11. The van der Waals surface area contributed by atoms with Crippen LogP contribution in [-0.2, 0) is 14.3 Å². The maximum absolute atomic E-state index is 13.0. The lowest BCUT2D eigenvalue weighted by atomic mass is 9.93. The quantitative estimate of drug-likeness (QED) is 0.658. The fourth-order valence-electron chi connectivity index (χ4n) is 3.32. The van der Waals surface area contributed by atoms with E-state index in [1.165, 1.54) is 11.8 Å². The number of esters is 1. The molecule has 1 saturated heterocycles. The topological polar surface area (TPSA) is 77.4 Å². The highest BCUT2D eigenvalue weighted by atomic mass is 32.2. The molecular formula is C21H26N2O5S. The second kappa shape index (κ2) is 8.90. The number of hydrogen-bond donors (Lipinski definition) is 0. The first kappa shape index (κ1) is 21.2. The average molecular weight is 419 g/mol. The molecule has 3 rings (SSSR count). The van der Waals surface area contributed by atoms with Crippen molar-refractivity contribution in [1.82, 2.24) is 4.90 Å². The van der Waals surface area contributed by atoms with Crippen molar-refractivity contribution in [2.45, 2.75) is 33.2 Å². The van der Waals surface area contributed by atoms with Gasteiger partial charge in [-0.2, -0.15) is 0 Å². The molecule has 1 unspecified atom stereocenters. The summed E-state index contributed by atoms with van der Waals surface area (Å²) >= 11 is 1.52. The summed E-state index contributed by atoms with van der Waals surface area (Å²) in [4.78, 5) is 32.0. The SMILES string of the molecule is COc1ccc(C2C(C(=O)OCC(C)C)=C(C)N=C3SCCC(=O)N32)cc1OC. The van der Waals surface area contributed by atoms with E-state index in [2.05, 4.69) is 4.99 Å². The third-order valence-electron chi connectivity index (χ3n) is 4.70. The van der Waals surface area contributed by atoms with E-state index >= 15 is 0 Å². The van der Waals surface area contributed by atoms with Gasteiger partial charge in [-0.25, -0.2) is 9.79 Å². The summed E-state index contributed by atoms with van der Waals surface area (Å²) in [6, 6.07) is 4.78. The maximum Gasteiger partial charge on any atom is 0.338 e. The Morgan fingerprint density at radius 1 is 1.28 bits per heavy atom. The van der Waals surface area contributed by atoms with E-state index in [0.29, 0.717) is 46.7 Å². The van der Waals surface area contributed by atoms with Crippen molar-refractivity contribution in [2.24, 2.45) is 10.9 Å². The number of amides is 1. The number of thioether (sulfide) groups is 1. The van der Waals surface area contributed by atoms with Crippen LogP contribution in [0.1, 0.15) is 38.8 Å². The predicted molar refractivity (Wildman–Crippen MR) is 112 cm³/mol. The minimum atomic E-state index is -0.623. The van der Waals surface area contributed by atoms with Crippen LogP contribution in [0, 0.1) is 5.92 Å². The molecule has 7 nitrogen and oxygen atoms in total. The number of aliphatic imine (C=N–C) groups is 1. The Kier molecular flexibility index (Phi) is 6.52. The van der Waals surface area contributed by atoms with Gasteiger partial charge in [0.1, 0.15) is 0 Å². The number of allylic oxidation sites excluding steroid dienone is 1. The zero-order valence-electron chi connectivity index (χ0n) is 17.4. The van der Waals surface area contributed by atoms with Crippen molar-refractivity contribution in [2.75, 3.05) is 26.6 Å². The summed E-state index contributed by atoms with van der Waals surface area (Å²) in [5, 5.41) is 0.610. The highest BCUT2D eigenvalue weighted by Crippen LogP contribution is 2.42. The van der Waals surface area contributed by atoms with Crippen LogP contribution in [0.25, 0.3) is 0 Å². The average Bonchev–Trinajstić information content (AvgIpc) is 2.70. The zero-order chi connectivity index (χ0) is 21.1. The normalized spacial score (nSPS) is 19.1.